The SMILES string of the molecule is C=CC[S@](=O)SC. The molecule has 0 heterocycles. The van der Waals surface area contributed by atoms with Gasteiger partial charge in [-0.3, -0.25) is 0 Å². The largest absolute Gasteiger partial charge is 0.248 e. The summed E-state index contributed by atoms with van der Waals surface area (Å²) >= 11 is 0. The zero-order valence-electron chi connectivity index (χ0n) is 4.22. The van der Waals surface area contributed by atoms with Crippen LogP contribution >= 0.6 is 10.8 Å². The van der Waals surface area contributed by atoms with Crippen molar-refractivity contribution >= 4 is 20.6 Å². The van der Waals surface area contributed by atoms with E-state index in [0.717, 1.165) is 0 Å². The molecule has 7 heavy (non-hydrogen) atoms. The van der Waals surface area contributed by atoms with Crippen molar-refractivity contribution in [1.82, 2.24) is 0 Å². The van der Waals surface area contributed by atoms with Gasteiger partial charge in [0.25, 0.3) is 0 Å². The fraction of sp³-hybridized carbons (Fsp3) is 0.500. The maximum absolute atomic E-state index is 10.4. The van der Waals surface area contributed by atoms with E-state index in [2.05, 4.69) is 6.58 Å². The van der Waals surface area contributed by atoms with Crippen LogP contribution in [-0.2, 0) is 9.83 Å². The molecule has 0 N–H and O–H groups in total. The standard InChI is InChI=1S/C4H8OS2/c1-3-4-7(5)6-2/h3H,1,4H2,2H3/t7-/m1/s1. The van der Waals surface area contributed by atoms with Crippen molar-refractivity contribution in [1.29, 1.82) is 0 Å². The van der Waals surface area contributed by atoms with Crippen molar-refractivity contribution in [3.05, 3.63) is 12.7 Å². The third kappa shape index (κ3) is 4.09. The molecule has 0 bridgehead atoms. The topological polar surface area (TPSA) is 17.1 Å². The second-order valence-electron chi connectivity index (χ2n) is 0.926. The third-order valence-corrected chi connectivity index (χ3v) is 2.84. The van der Waals surface area contributed by atoms with Gasteiger partial charge in [0.05, 0.1) is 15.6 Å². The first kappa shape index (κ1) is 7.24. The lowest BCUT2D eigenvalue weighted by atomic mass is 10.8. The molecule has 0 rings (SSSR count). The summed E-state index contributed by atoms with van der Waals surface area (Å²) in [6.07, 6.45) is 3.48. The normalized spacial score (nSPS) is 13.3. The Hall–Kier alpha value is 0.240. The van der Waals surface area contributed by atoms with E-state index in [1.807, 2.05) is 6.26 Å². The molecular weight excluding hydrogens is 128 g/mol. The Morgan fingerprint density at radius 2 is 2.57 bits per heavy atom. The molecule has 0 aliphatic heterocycles. The zero-order chi connectivity index (χ0) is 5.70. The molecule has 0 aromatic carbocycles. The molecule has 1 nitrogen and oxygen atoms in total. The summed E-state index contributed by atoms with van der Waals surface area (Å²) in [7, 11) is 0.622. The molecule has 0 aromatic heterocycles. The highest BCUT2D eigenvalue weighted by atomic mass is 33.1. The van der Waals surface area contributed by atoms with Gasteiger partial charge in [-0.15, -0.1) is 6.58 Å². The molecule has 0 aromatic rings. The molecule has 0 saturated carbocycles. The molecule has 1 atom stereocenters. The van der Waals surface area contributed by atoms with Gasteiger partial charge in [0.15, 0.2) is 0 Å². The first-order chi connectivity index (χ1) is 3.31. The van der Waals surface area contributed by atoms with E-state index in [-0.39, 0.29) is 0 Å². The minimum atomic E-state index is -0.728. The van der Waals surface area contributed by atoms with Crippen LogP contribution in [0.1, 0.15) is 0 Å². The van der Waals surface area contributed by atoms with Crippen molar-refractivity contribution in [2.45, 2.75) is 0 Å². The summed E-state index contributed by atoms with van der Waals surface area (Å²) in [5.74, 6) is 0.598. The van der Waals surface area contributed by atoms with Gasteiger partial charge in [0, 0.05) is 0 Å². The van der Waals surface area contributed by atoms with E-state index < -0.39 is 9.83 Å². The highest BCUT2D eigenvalue weighted by Crippen LogP contribution is 1.99. The van der Waals surface area contributed by atoms with E-state index >= 15 is 0 Å². The lowest BCUT2D eigenvalue weighted by Crippen LogP contribution is -1.83. The van der Waals surface area contributed by atoms with Crippen molar-refractivity contribution < 1.29 is 4.21 Å². The van der Waals surface area contributed by atoms with Crippen LogP contribution < -0.4 is 0 Å². The minimum Gasteiger partial charge on any atom is -0.248 e. The van der Waals surface area contributed by atoms with Crippen molar-refractivity contribution in [2.75, 3.05) is 12.0 Å². The quantitative estimate of drug-likeness (QED) is 0.428. The third-order valence-electron chi connectivity index (χ3n) is 0.440. The number of rotatable bonds is 3. The zero-order valence-corrected chi connectivity index (χ0v) is 5.85. The molecule has 0 spiro atoms. The summed E-state index contributed by atoms with van der Waals surface area (Å²) in [4.78, 5) is 0. The molecular formula is C4H8OS2. The maximum Gasteiger partial charge on any atom is 0.0839 e. The Labute approximate surface area is 50.0 Å². The lowest BCUT2D eigenvalue weighted by molar-refractivity contribution is 0.693. The van der Waals surface area contributed by atoms with Crippen LogP contribution in [0.5, 0.6) is 0 Å². The Morgan fingerprint density at radius 1 is 2.00 bits per heavy atom. The number of hydrogen-bond donors (Lipinski definition) is 0. The summed E-state index contributed by atoms with van der Waals surface area (Å²) in [5.41, 5.74) is 0. The molecule has 3 heteroatoms. The monoisotopic (exact) mass is 136 g/mol. The minimum absolute atomic E-state index is 0.598. The van der Waals surface area contributed by atoms with E-state index in [1.54, 1.807) is 6.08 Å². The number of hydrogen-bond acceptors (Lipinski definition) is 2. The van der Waals surface area contributed by atoms with Crippen molar-refractivity contribution in [3.8, 4) is 0 Å². The predicted molar refractivity (Wildman–Crippen MR) is 36.7 cm³/mol. The fourth-order valence-electron chi connectivity index (χ4n) is 0.164. The average molecular weight is 136 g/mol. The van der Waals surface area contributed by atoms with E-state index in [0.29, 0.717) is 5.75 Å². The van der Waals surface area contributed by atoms with E-state index in [9.17, 15) is 4.21 Å². The van der Waals surface area contributed by atoms with Crippen LogP contribution in [0.3, 0.4) is 0 Å². The summed E-state index contributed by atoms with van der Waals surface area (Å²) < 4.78 is 10.4. The average Bonchev–Trinajstić information content (AvgIpc) is 1.68. The predicted octanol–water partition coefficient (Wildman–Crippen LogP) is 1.20. The van der Waals surface area contributed by atoms with Crippen LogP contribution in [0.15, 0.2) is 12.7 Å². The molecule has 0 unspecified atom stereocenters. The molecule has 0 saturated heterocycles. The molecule has 42 valence electrons. The maximum atomic E-state index is 10.4. The van der Waals surface area contributed by atoms with Gasteiger partial charge in [-0.25, -0.2) is 4.21 Å². The van der Waals surface area contributed by atoms with Crippen molar-refractivity contribution in [2.24, 2.45) is 0 Å². The van der Waals surface area contributed by atoms with Gasteiger partial charge in [-0.2, -0.15) is 0 Å². The fourth-order valence-corrected chi connectivity index (χ4v) is 1.19. The Bertz CT molecular complexity index is 79.8. The van der Waals surface area contributed by atoms with Gasteiger partial charge in [0.2, 0.25) is 0 Å². The molecule has 0 radical (unpaired) electrons. The van der Waals surface area contributed by atoms with Gasteiger partial charge in [0.1, 0.15) is 0 Å². The van der Waals surface area contributed by atoms with E-state index in [4.69, 9.17) is 0 Å². The van der Waals surface area contributed by atoms with Crippen LogP contribution in [0.4, 0.5) is 0 Å². The highest BCUT2D eigenvalue weighted by molar-refractivity contribution is 8.68. The molecule has 0 aliphatic carbocycles. The van der Waals surface area contributed by atoms with Crippen LogP contribution in [0.2, 0.25) is 0 Å². The first-order valence-corrected chi connectivity index (χ1v) is 4.91. The van der Waals surface area contributed by atoms with Crippen LogP contribution in [0, 0.1) is 0 Å². The Kier molecular flexibility index (Phi) is 4.55. The summed E-state index contributed by atoms with van der Waals surface area (Å²) in [6, 6.07) is 0. The van der Waals surface area contributed by atoms with Crippen LogP contribution in [-0.4, -0.2) is 16.2 Å². The van der Waals surface area contributed by atoms with Crippen LogP contribution in [0.25, 0.3) is 0 Å². The van der Waals surface area contributed by atoms with Crippen molar-refractivity contribution in [3.63, 3.8) is 0 Å². The van der Waals surface area contributed by atoms with Gasteiger partial charge in [-0.1, -0.05) is 16.9 Å². The Balaban J connectivity index is 3.17. The summed E-state index contributed by atoms with van der Waals surface area (Å²) in [5, 5.41) is 0. The second kappa shape index (κ2) is 4.40. The van der Waals surface area contributed by atoms with Gasteiger partial charge < -0.3 is 0 Å². The first-order valence-electron chi connectivity index (χ1n) is 1.85. The second-order valence-corrected chi connectivity index (χ2v) is 4.32. The van der Waals surface area contributed by atoms with E-state index in [1.165, 1.54) is 10.8 Å². The Morgan fingerprint density at radius 3 is 2.71 bits per heavy atom. The smallest absolute Gasteiger partial charge is 0.0839 e. The molecule has 0 amide bonds. The van der Waals surface area contributed by atoms with Gasteiger partial charge >= 0.3 is 0 Å². The molecule has 0 aliphatic rings. The van der Waals surface area contributed by atoms with Gasteiger partial charge in [-0.05, 0) is 6.26 Å². The molecule has 0 fully saturated rings. The highest BCUT2D eigenvalue weighted by Gasteiger charge is 1.86. The lowest BCUT2D eigenvalue weighted by Gasteiger charge is -1.85. The summed E-state index contributed by atoms with van der Waals surface area (Å²) in [6.45, 7) is 3.44.